The van der Waals surface area contributed by atoms with E-state index >= 15 is 0 Å². The van der Waals surface area contributed by atoms with Crippen LogP contribution in [0.15, 0.2) is 42.6 Å². The van der Waals surface area contributed by atoms with E-state index in [1.807, 2.05) is 52.0 Å². The van der Waals surface area contributed by atoms with Crippen LogP contribution in [0, 0.1) is 27.7 Å². The molecule has 0 radical (unpaired) electrons. The standard InChI is InChI=1S/C19H20N4O/c1-12-7-13(2)9-17(8-12)23-18(10-15(4)22-23)21-19(24)16-6-5-14(3)20-11-16/h5-11H,1-4H3,(H,21,24). The van der Waals surface area contributed by atoms with E-state index in [9.17, 15) is 4.79 Å². The quantitative estimate of drug-likeness (QED) is 0.799. The molecule has 0 bridgehead atoms. The third-order valence-corrected chi connectivity index (χ3v) is 3.70. The molecule has 3 aromatic rings. The summed E-state index contributed by atoms with van der Waals surface area (Å²) in [4.78, 5) is 16.6. The molecule has 0 unspecified atom stereocenters. The van der Waals surface area contributed by atoms with Crippen LogP contribution in [0.2, 0.25) is 0 Å². The van der Waals surface area contributed by atoms with E-state index in [0.717, 1.165) is 28.2 Å². The van der Waals surface area contributed by atoms with Gasteiger partial charge in [0, 0.05) is 18.0 Å². The van der Waals surface area contributed by atoms with Crippen LogP contribution in [-0.2, 0) is 0 Å². The fourth-order valence-electron chi connectivity index (χ4n) is 2.65. The van der Waals surface area contributed by atoms with E-state index in [1.165, 1.54) is 0 Å². The van der Waals surface area contributed by atoms with Crippen LogP contribution in [0.1, 0.15) is 32.9 Å². The molecule has 1 N–H and O–H groups in total. The number of hydrogen-bond acceptors (Lipinski definition) is 3. The van der Waals surface area contributed by atoms with E-state index in [-0.39, 0.29) is 5.91 Å². The monoisotopic (exact) mass is 320 g/mol. The second-order valence-electron chi connectivity index (χ2n) is 6.07. The van der Waals surface area contributed by atoms with Gasteiger partial charge in [-0.25, -0.2) is 4.68 Å². The van der Waals surface area contributed by atoms with Gasteiger partial charge in [-0.1, -0.05) is 6.07 Å². The maximum atomic E-state index is 12.5. The van der Waals surface area contributed by atoms with Gasteiger partial charge >= 0.3 is 0 Å². The summed E-state index contributed by atoms with van der Waals surface area (Å²) in [7, 11) is 0. The summed E-state index contributed by atoms with van der Waals surface area (Å²) < 4.78 is 1.76. The van der Waals surface area contributed by atoms with Gasteiger partial charge in [-0.05, 0) is 63.1 Å². The molecule has 0 aliphatic rings. The molecular formula is C19H20N4O. The molecule has 0 atom stereocenters. The van der Waals surface area contributed by atoms with Crippen LogP contribution in [0.5, 0.6) is 0 Å². The van der Waals surface area contributed by atoms with Crippen molar-refractivity contribution in [2.45, 2.75) is 27.7 Å². The van der Waals surface area contributed by atoms with Crippen LogP contribution in [0.25, 0.3) is 5.69 Å². The molecule has 122 valence electrons. The summed E-state index contributed by atoms with van der Waals surface area (Å²) in [6.45, 7) is 7.88. The van der Waals surface area contributed by atoms with Crippen molar-refractivity contribution in [1.29, 1.82) is 0 Å². The molecule has 24 heavy (non-hydrogen) atoms. The maximum Gasteiger partial charge on any atom is 0.258 e. The number of rotatable bonds is 3. The number of pyridine rings is 1. The first kappa shape index (κ1) is 15.9. The largest absolute Gasteiger partial charge is 0.306 e. The Morgan fingerprint density at radius 3 is 2.29 bits per heavy atom. The number of aryl methyl sites for hydroxylation is 4. The molecule has 0 saturated heterocycles. The minimum atomic E-state index is -0.201. The van der Waals surface area contributed by atoms with Crippen LogP contribution in [0.3, 0.4) is 0 Å². The zero-order valence-electron chi connectivity index (χ0n) is 14.3. The van der Waals surface area contributed by atoms with Crippen molar-refractivity contribution in [3.63, 3.8) is 0 Å². The molecule has 2 heterocycles. The Bertz CT molecular complexity index is 874. The van der Waals surface area contributed by atoms with Crippen LogP contribution < -0.4 is 5.32 Å². The number of nitrogens with one attached hydrogen (secondary N) is 1. The minimum absolute atomic E-state index is 0.201. The van der Waals surface area contributed by atoms with Gasteiger partial charge in [0.1, 0.15) is 5.82 Å². The Hall–Kier alpha value is -2.95. The first-order valence-corrected chi connectivity index (χ1v) is 7.82. The molecule has 0 aliphatic carbocycles. The van der Waals surface area contributed by atoms with E-state index < -0.39 is 0 Å². The summed E-state index contributed by atoms with van der Waals surface area (Å²) in [5.74, 6) is 0.441. The molecular weight excluding hydrogens is 300 g/mol. The fourth-order valence-corrected chi connectivity index (χ4v) is 2.65. The SMILES string of the molecule is Cc1cc(C)cc(-n2nc(C)cc2NC(=O)c2ccc(C)nc2)c1. The summed E-state index contributed by atoms with van der Waals surface area (Å²) in [6, 6.07) is 11.6. The van der Waals surface area contributed by atoms with Gasteiger partial charge in [-0.2, -0.15) is 5.10 Å². The molecule has 5 heteroatoms. The summed E-state index contributed by atoms with van der Waals surface area (Å²) in [6.07, 6.45) is 1.58. The van der Waals surface area contributed by atoms with Gasteiger partial charge in [-0.3, -0.25) is 9.78 Å². The van der Waals surface area contributed by atoms with Crippen LogP contribution >= 0.6 is 0 Å². The van der Waals surface area contributed by atoms with Crippen molar-refractivity contribution in [1.82, 2.24) is 14.8 Å². The predicted octanol–water partition coefficient (Wildman–Crippen LogP) is 3.75. The second-order valence-corrected chi connectivity index (χ2v) is 6.07. The number of hydrogen-bond donors (Lipinski definition) is 1. The minimum Gasteiger partial charge on any atom is -0.306 e. The normalized spacial score (nSPS) is 10.7. The molecule has 1 amide bonds. The number of aromatic nitrogens is 3. The van der Waals surface area contributed by atoms with Crippen molar-refractivity contribution >= 4 is 11.7 Å². The van der Waals surface area contributed by atoms with E-state index in [0.29, 0.717) is 11.4 Å². The third-order valence-electron chi connectivity index (χ3n) is 3.70. The Kier molecular flexibility index (Phi) is 4.16. The zero-order chi connectivity index (χ0) is 17.3. The van der Waals surface area contributed by atoms with Crippen molar-refractivity contribution in [2.24, 2.45) is 0 Å². The molecule has 0 fully saturated rings. The average molecular weight is 320 g/mol. The lowest BCUT2D eigenvalue weighted by Crippen LogP contribution is -2.15. The van der Waals surface area contributed by atoms with E-state index in [4.69, 9.17) is 0 Å². The number of carbonyl (C=O) groups excluding carboxylic acids is 1. The zero-order valence-corrected chi connectivity index (χ0v) is 14.3. The molecule has 3 rings (SSSR count). The topological polar surface area (TPSA) is 59.8 Å². The number of carbonyl (C=O) groups is 1. The Labute approximate surface area is 141 Å². The number of anilines is 1. The second kappa shape index (κ2) is 6.28. The third kappa shape index (κ3) is 3.35. The highest BCUT2D eigenvalue weighted by Gasteiger charge is 2.13. The number of benzene rings is 1. The first-order valence-electron chi connectivity index (χ1n) is 7.82. The van der Waals surface area contributed by atoms with Gasteiger partial charge in [0.15, 0.2) is 0 Å². The molecule has 0 spiro atoms. The highest BCUT2D eigenvalue weighted by atomic mass is 16.1. The van der Waals surface area contributed by atoms with Crippen LogP contribution in [0.4, 0.5) is 5.82 Å². The predicted molar refractivity (Wildman–Crippen MR) is 94.7 cm³/mol. The highest BCUT2D eigenvalue weighted by molar-refractivity contribution is 6.03. The Balaban J connectivity index is 1.94. The summed E-state index contributed by atoms with van der Waals surface area (Å²) >= 11 is 0. The number of nitrogens with zero attached hydrogens (tertiary/aromatic N) is 3. The molecule has 1 aromatic carbocycles. The maximum absolute atomic E-state index is 12.5. The Morgan fingerprint density at radius 2 is 1.67 bits per heavy atom. The summed E-state index contributed by atoms with van der Waals surface area (Å²) in [5.41, 5.74) is 5.47. The number of amides is 1. The fraction of sp³-hybridized carbons (Fsp3) is 0.211. The van der Waals surface area contributed by atoms with E-state index in [1.54, 1.807) is 16.9 Å². The van der Waals surface area contributed by atoms with Gasteiger partial charge in [0.25, 0.3) is 5.91 Å². The van der Waals surface area contributed by atoms with Gasteiger partial charge < -0.3 is 5.32 Å². The lowest BCUT2D eigenvalue weighted by molar-refractivity contribution is 0.102. The van der Waals surface area contributed by atoms with Crippen LogP contribution in [-0.4, -0.2) is 20.7 Å². The molecule has 0 saturated carbocycles. The van der Waals surface area contributed by atoms with Crippen molar-refractivity contribution < 1.29 is 4.79 Å². The smallest absolute Gasteiger partial charge is 0.258 e. The lowest BCUT2D eigenvalue weighted by Gasteiger charge is -2.10. The molecule has 5 nitrogen and oxygen atoms in total. The Morgan fingerprint density at radius 1 is 0.958 bits per heavy atom. The molecule has 2 aromatic heterocycles. The van der Waals surface area contributed by atoms with Crippen molar-refractivity contribution in [3.8, 4) is 5.69 Å². The first-order chi connectivity index (χ1) is 11.4. The summed E-state index contributed by atoms with van der Waals surface area (Å²) in [5, 5.41) is 7.44. The molecule has 0 aliphatic heterocycles. The average Bonchev–Trinajstić information content (AvgIpc) is 2.87. The van der Waals surface area contributed by atoms with Gasteiger partial charge in [0.2, 0.25) is 0 Å². The van der Waals surface area contributed by atoms with Crippen molar-refractivity contribution in [2.75, 3.05) is 5.32 Å². The highest BCUT2D eigenvalue weighted by Crippen LogP contribution is 2.20. The van der Waals surface area contributed by atoms with Gasteiger partial charge in [-0.15, -0.1) is 0 Å². The van der Waals surface area contributed by atoms with Gasteiger partial charge in [0.05, 0.1) is 16.9 Å². The lowest BCUT2D eigenvalue weighted by atomic mass is 10.1. The van der Waals surface area contributed by atoms with E-state index in [2.05, 4.69) is 21.5 Å². The van der Waals surface area contributed by atoms with Crippen molar-refractivity contribution in [3.05, 3.63) is 70.7 Å².